The predicted molar refractivity (Wildman–Crippen MR) is 138 cm³/mol. The Hall–Kier alpha value is -2.97. The van der Waals surface area contributed by atoms with E-state index < -0.39 is 0 Å². The van der Waals surface area contributed by atoms with Gasteiger partial charge in [0.15, 0.2) is 16.6 Å². The molecule has 2 heterocycles. The molecule has 0 radical (unpaired) electrons. The van der Waals surface area contributed by atoms with Crippen LogP contribution in [0.3, 0.4) is 0 Å². The zero-order valence-corrected chi connectivity index (χ0v) is 20.5. The maximum Gasteiger partial charge on any atom is 0.176 e. The van der Waals surface area contributed by atoms with Crippen LogP contribution in [-0.4, -0.2) is 53.8 Å². The van der Waals surface area contributed by atoms with Crippen molar-refractivity contribution in [1.29, 1.82) is 0 Å². The summed E-state index contributed by atoms with van der Waals surface area (Å²) >= 11 is 5.57. The van der Waals surface area contributed by atoms with Gasteiger partial charge in [-0.25, -0.2) is 9.97 Å². The summed E-state index contributed by atoms with van der Waals surface area (Å²) in [4.78, 5) is 11.2. The van der Waals surface area contributed by atoms with Gasteiger partial charge in [-0.05, 0) is 82.2 Å². The molecule has 0 spiro atoms. The summed E-state index contributed by atoms with van der Waals surface area (Å²) in [6.07, 6.45) is 3.82. The molecule has 3 aromatic rings. The number of hydrogen-bond donors (Lipinski definition) is 2. The number of hydrogen-bond acceptors (Lipinski definition) is 6. The van der Waals surface area contributed by atoms with E-state index in [0.29, 0.717) is 35.0 Å². The molecule has 1 saturated heterocycles. The molecule has 0 unspecified atom stereocenters. The number of para-hydroxylation sites is 1. The second-order valence-electron chi connectivity index (χ2n) is 8.65. The monoisotopic (exact) mass is 465 g/mol. The molecule has 0 amide bonds. The van der Waals surface area contributed by atoms with Crippen LogP contribution < -0.4 is 20.1 Å². The largest absolute Gasteiger partial charge is 0.493 e. The molecule has 0 bridgehead atoms. The van der Waals surface area contributed by atoms with Crippen molar-refractivity contribution in [3.63, 3.8) is 0 Å². The van der Waals surface area contributed by atoms with Crippen LogP contribution in [0.25, 0.3) is 10.9 Å². The molecule has 0 aliphatic carbocycles. The Labute approximate surface area is 200 Å². The summed E-state index contributed by atoms with van der Waals surface area (Å²) in [6, 6.07) is 9.95. The van der Waals surface area contributed by atoms with Gasteiger partial charge in [-0.15, -0.1) is 0 Å². The van der Waals surface area contributed by atoms with Gasteiger partial charge in [-0.3, -0.25) is 0 Å². The van der Waals surface area contributed by atoms with E-state index in [0.717, 1.165) is 53.6 Å². The lowest BCUT2D eigenvalue weighted by molar-refractivity contribution is 0.157. The fraction of sp³-hybridized carbons (Fsp3) is 0.400. The van der Waals surface area contributed by atoms with Crippen LogP contribution in [0.2, 0.25) is 0 Å². The highest BCUT2D eigenvalue weighted by molar-refractivity contribution is 7.80. The number of methoxy groups -OCH3 is 1. The first-order valence-electron chi connectivity index (χ1n) is 11.2. The van der Waals surface area contributed by atoms with Crippen LogP contribution in [0.4, 0.5) is 11.5 Å². The number of nitrogens with zero attached hydrogens (tertiary/aromatic N) is 3. The van der Waals surface area contributed by atoms with Crippen molar-refractivity contribution >= 4 is 39.7 Å². The third-order valence-corrected chi connectivity index (χ3v) is 6.39. The average molecular weight is 466 g/mol. The minimum absolute atomic E-state index is 0.467. The number of benzene rings is 2. The minimum atomic E-state index is 0.467. The van der Waals surface area contributed by atoms with E-state index in [1.807, 2.05) is 18.2 Å². The molecule has 7 nitrogen and oxygen atoms in total. The van der Waals surface area contributed by atoms with E-state index in [1.54, 1.807) is 7.11 Å². The Kier molecular flexibility index (Phi) is 7.25. The number of likely N-dealkylation sites (tertiary alicyclic amines) is 1. The Morgan fingerprint density at radius 2 is 1.82 bits per heavy atom. The van der Waals surface area contributed by atoms with Crippen LogP contribution in [0.15, 0.2) is 36.7 Å². The number of nitrogens with one attached hydrogen (secondary N) is 2. The topological polar surface area (TPSA) is 71.5 Å². The fourth-order valence-corrected chi connectivity index (χ4v) is 4.34. The van der Waals surface area contributed by atoms with E-state index in [-0.39, 0.29) is 0 Å². The third-order valence-electron chi connectivity index (χ3n) is 6.19. The molecule has 1 aliphatic rings. The van der Waals surface area contributed by atoms with Crippen LogP contribution in [-0.2, 0) is 0 Å². The molecule has 2 aromatic carbocycles. The molecule has 8 heteroatoms. The maximum absolute atomic E-state index is 6.17. The maximum atomic E-state index is 6.17. The van der Waals surface area contributed by atoms with E-state index in [4.69, 9.17) is 21.7 Å². The smallest absolute Gasteiger partial charge is 0.176 e. The number of aromatic nitrogens is 2. The normalized spacial score (nSPS) is 14.8. The van der Waals surface area contributed by atoms with E-state index in [2.05, 4.69) is 58.5 Å². The number of rotatable bonds is 6. The van der Waals surface area contributed by atoms with Crippen molar-refractivity contribution < 1.29 is 9.47 Å². The van der Waals surface area contributed by atoms with Crippen molar-refractivity contribution in [3.05, 3.63) is 47.8 Å². The van der Waals surface area contributed by atoms with Gasteiger partial charge in [0.2, 0.25) is 0 Å². The van der Waals surface area contributed by atoms with Gasteiger partial charge < -0.3 is 25.0 Å². The summed E-state index contributed by atoms with van der Waals surface area (Å²) < 4.78 is 11.8. The number of fused-ring (bicyclic) bond motifs is 1. The summed E-state index contributed by atoms with van der Waals surface area (Å²) in [7, 11) is 3.81. The first-order valence-corrected chi connectivity index (χ1v) is 11.6. The number of anilines is 2. The van der Waals surface area contributed by atoms with Crippen molar-refractivity contribution in [3.8, 4) is 11.5 Å². The number of thiocarbonyl (C=S) groups is 1. The lowest BCUT2D eigenvalue weighted by atomic mass is 9.98. The molecule has 4 rings (SSSR count). The van der Waals surface area contributed by atoms with Gasteiger partial charge in [-0.1, -0.05) is 18.2 Å². The second-order valence-corrected chi connectivity index (χ2v) is 9.05. The predicted octanol–water partition coefficient (Wildman–Crippen LogP) is 4.78. The zero-order valence-electron chi connectivity index (χ0n) is 19.6. The second kappa shape index (κ2) is 10.3. The first-order chi connectivity index (χ1) is 15.9. The van der Waals surface area contributed by atoms with Crippen molar-refractivity contribution in [1.82, 2.24) is 14.9 Å². The Morgan fingerprint density at radius 3 is 2.52 bits per heavy atom. The van der Waals surface area contributed by atoms with Crippen LogP contribution >= 0.6 is 12.2 Å². The fourth-order valence-electron chi connectivity index (χ4n) is 4.14. The number of piperidine rings is 1. The van der Waals surface area contributed by atoms with Gasteiger partial charge in [0.1, 0.15) is 12.1 Å². The Balaban J connectivity index is 1.52. The standard InChI is InChI=1S/C25H31N5O2S/c1-16-6-5-7-17(2)23(16)28-25(33)29-24-19-12-21(31-4)22(13-20(19)26-15-27-24)32-14-18-8-10-30(3)11-9-18/h5-7,12-13,15,18H,8-11,14H2,1-4H3,(H2,26,27,28,29,33). The summed E-state index contributed by atoms with van der Waals surface area (Å²) in [5.41, 5.74) is 4.01. The molecule has 0 saturated carbocycles. The van der Waals surface area contributed by atoms with Crippen LogP contribution in [0.5, 0.6) is 11.5 Å². The quantitative estimate of drug-likeness (QED) is 0.504. The van der Waals surface area contributed by atoms with Gasteiger partial charge >= 0.3 is 0 Å². The molecule has 1 fully saturated rings. The van der Waals surface area contributed by atoms with Crippen molar-refractivity contribution in [2.24, 2.45) is 5.92 Å². The molecular weight excluding hydrogens is 434 g/mol. The van der Waals surface area contributed by atoms with Gasteiger partial charge in [-0.2, -0.15) is 0 Å². The number of ether oxygens (including phenoxy) is 2. The lowest BCUT2D eigenvalue weighted by Crippen LogP contribution is -2.32. The molecule has 1 aliphatic heterocycles. The Morgan fingerprint density at radius 1 is 1.09 bits per heavy atom. The van der Waals surface area contributed by atoms with Gasteiger partial charge in [0, 0.05) is 17.1 Å². The average Bonchev–Trinajstić information content (AvgIpc) is 2.81. The van der Waals surface area contributed by atoms with Crippen molar-refractivity contribution in [2.75, 3.05) is 44.5 Å². The third kappa shape index (κ3) is 5.51. The first kappa shape index (κ1) is 23.2. The molecule has 0 atom stereocenters. The van der Waals surface area contributed by atoms with Gasteiger partial charge in [0.05, 0.1) is 19.2 Å². The highest BCUT2D eigenvalue weighted by Gasteiger charge is 2.19. The van der Waals surface area contributed by atoms with E-state index >= 15 is 0 Å². The van der Waals surface area contributed by atoms with Crippen LogP contribution in [0, 0.1) is 19.8 Å². The SMILES string of the molecule is COc1cc2c(NC(=S)Nc3c(C)cccc3C)ncnc2cc1OCC1CCN(C)CC1. The lowest BCUT2D eigenvalue weighted by Gasteiger charge is -2.28. The molecule has 33 heavy (non-hydrogen) atoms. The molecule has 174 valence electrons. The minimum Gasteiger partial charge on any atom is -0.493 e. The van der Waals surface area contributed by atoms with E-state index in [9.17, 15) is 0 Å². The summed E-state index contributed by atoms with van der Waals surface area (Å²) in [6.45, 7) is 7.00. The summed E-state index contributed by atoms with van der Waals surface area (Å²) in [5.74, 6) is 2.52. The zero-order chi connectivity index (χ0) is 23.4. The highest BCUT2D eigenvalue weighted by atomic mass is 32.1. The van der Waals surface area contributed by atoms with E-state index in [1.165, 1.54) is 6.33 Å². The van der Waals surface area contributed by atoms with Crippen LogP contribution in [0.1, 0.15) is 24.0 Å². The van der Waals surface area contributed by atoms with Crippen molar-refractivity contribution in [2.45, 2.75) is 26.7 Å². The summed E-state index contributed by atoms with van der Waals surface area (Å²) in [5, 5.41) is 7.78. The van der Waals surface area contributed by atoms with Gasteiger partial charge in [0.25, 0.3) is 0 Å². The highest BCUT2D eigenvalue weighted by Crippen LogP contribution is 2.34. The molecule has 1 aromatic heterocycles. The molecule has 2 N–H and O–H groups in total. The number of aryl methyl sites for hydroxylation is 2. The molecular formula is C25H31N5O2S. The Bertz CT molecular complexity index is 1120.